The first kappa shape index (κ1) is 16.0. The summed E-state index contributed by atoms with van der Waals surface area (Å²) in [7, 11) is 0. The summed E-state index contributed by atoms with van der Waals surface area (Å²) < 4.78 is 13.4. The van der Waals surface area contributed by atoms with Crippen molar-refractivity contribution in [1.82, 2.24) is 4.90 Å². The SMILES string of the molecule is Cc1ccccc1C(=O)N1CCc2sccc2[C@@H]1c1ccc(F)cc1. The molecule has 0 fully saturated rings. The van der Waals surface area contributed by atoms with Crippen molar-refractivity contribution < 1.29 is 9.18 Å². The van der Waals surface area contributed by atoms with Crippen LogP contribution in [0.5, 0.6) is 0 Å². The average molecular weight is 351 g/mol. The van der Waals surface area contributed by atoms with E-state index in [1.54, 1.807) is 23.5 Å². The van der Waals surface area contributed by atoms with Gasteiger partial charge >= 0.3 is 0 Å². The van der Waals surface area contributed by atoms with Crippen molar-refractivity contribution in [2.45, 2.75) is 19.4 Å². The van der Waals surface area contributed by atoms with Crippen LogP contribution in [0.4, 0.5) is 4.39 Å². The Morgan fingerprint density at radius 1 is 1.12 bits per heavy atom. The van der Waals surface area contributed by atoms with E-state index < -0.39 is 0 Å². The predicted molar refractivity (Wildman–Crippen MR) is 98.5 cm³/mol. The van der Waals surface area contributed by atoms with Gasteiger partial charge in [-0.3, -0.25) is 4.79 Å². The summed E-state index contributed by atoms with van der Waals surface area (Å²) in [4.78, 5) is 16.5. The molecule has 0 radical (unpaired) electrons. The summed E-state index contributed by atoms with van der Waals surface area (Å²) >= 11 is 1.73. The first-order valence-corrected chi connectivity index (χ1v) is 9.21. The van der Waals surface area contributed by atoms with Gasteiger partial charge in [0.25, 0.3) is 5.91 Å². The van der Waals surface area contributed by atoms with Crippen LogP contribution in [-0.2, 0) is 6.42 Å². The van der Waals surface area contributed by atoms with Crippen LogP contribution >= 0.6 is 11.3 Å². The maximum Gasteiger partial charge on any atom is 0.254 e. The molecule has 2 nitrogen and oxygen atoms in total. The molecule has 1 aliphatic heterocycles. The molecule has 0 saturated carbocycles. The third-order valence-corrected chi connectivity index (χ3v) is 5.78. The summed E-state index contributed by atoms with van der Waals surface area (Å²) in [5.74, 6) is -0.230. The van der Waals surface area contributed by atoms with Gasteiger partial charge in [0.05, 0.1) is 6.04 Å². The molecule has 0 N–H and O–H groups in total. The topological polar surface area (TPSA) is 20.3 Å². The molecule has 1 aromatic heterocycles. The van der Waals surface area contributed by atoms with Gasteiger partial charge in [-0.15, -0.1) is 11.3 Å². The number of hydrogen-bond donors (Lipinski definition) is 0. The highest BCUT2D eigenvalue weighted by atomic mass is 32.1. The molecular formula is C21H18FNOS. The number of fused-ring (bicyclic) bond motifs is 1. The number of carbonyl (C=O) groups is 1. The van der Waals surface area contributed by atoms with Crippen molar-refractivity contribution >= 4 is 17.2 Å². The Morgan fingerprint density at radius 3 is 2.64 bits per heavy atom. The molecular weight excluding hydrogens is 333 g/mol. The van der Waals surface area contributed by atoms with Gasteiger partial charge in [-0.1, -0.05) is 30.3 Å². The number of benzene rings is 2. The summed E-state index contributed by atoms with van der Waals surface area (Å²) in [5, 5.41) is 2.07. The van der Waals surface area contributed by atoms with Crippen molar-refractivity contribution in [1.29, 1.82) is 0 Å². The maximum atomic E-state index is 13.4. The second-order valence-electron chi connectivity index (χ2n) is 6.32. The number of hydrogen-bond acceptors (Lipinski definition) is 2. The van der Waals surface area contributed by atoms with E-state index in [2.05, 4.69) is 11.4 Å². The van der Waals surface area contributed by atoms with Crippen molar-refractivity contribution in [3.05, 3.63) is 92.9 Å². The lowest BCUT2D eigenvalue weighted by Gasteiger charge is -2.36. The molecule has 4 rings (SSSR count). The molecule has 3 aromatic rings. The van der Waals surface area contributed by atoms with E-state index in [0.29, 0.717) is 6.54 Å². The number of aryl methyl sites for hydroxylation is 1. The summed E-state index contributed by atoms with van der Waals surface area (Å²) in [6.07, 6.45) is 0.863. The number of amides is 1. The fourth-order valence-corrected chi connectivity index (χ4v) is 4.41. The highest BCUT2D eigenvalue weighted by molar-refractivity contribution is 7.10. The van der Waals surface area contributed by atoms with Gasteiger partial charge in [-0.2, -0.15) is 0 Å². The Bertz CT molecular complexity index is 916. The van der Waals surface area contributed by atoms with Crippen LogP contribution < -0.4 is 0 Å². The minimum atomic E-state index is -0.262. The van der Waals surface area contributed by atoms with Gasteiger partial charge in [0.2, 0.25) is 0 Å². The van der Waals surface area contributed by atoms with Gasteiger partial charge in [0, 0.05) is 17.0 Å². The van der Waals surface area contributed by atoms with E-state index in [1.807, 2.05) is 36.1 Å². The molecule has 126 valence electrons. The zero-order valence-corrected chi connectivity index (χ0v) is 14.7. The molecule has 1 atom stereocenters. The molecule has 4 heteroatoms. The quantitative estimate of drug-likeness (QED) is 0.637. The highest BCUT2D eigenvalue weighted by Crippen LogP contribution is 2.38. The van der Waals surface area contributed by atoms with Crippen LogP contribution in [0, 0.1) is 12.7 Å². The third kappa shape index (κ3) is 2.87. The van der Waals surface area contributed by atoms with Crippen LogP contribution in [0.2, 0.25) is 0 Å². The molecule has 2 heterocycles. The minimum absolute atomic E-state index is 0.0317. The number of rotatable bonds is 2. The fourth-order valence-electron chi connectivity index (χ4n) is 3.51. The lowest BCUT2D eigenvalue weighted by molar-refractivity contribution is 0.0695. The van der Waals surface area contributed by atoms with Crippen molar-refractivity contribution in [3.63, 3.8) is 0 Å². The zero-order valence-electron chi connectivity index (χ0n) is 13.9. The molecule has 0 saturated heterocycles. The van der Waals surface area contributed by atoms with E-state index in [9.17, 15) is 9.18 Å². The molecule has 0 bridgehead atoms. The largest absolute Gasteiger partial charge is 0.327 e. The minimum Gasteiger partial charge on any atom is -0.327 e. The van der Waals surface area contributed by atoms with Crippen LogP contribution in [0.15, 0.2) is 60.0 Å². The lowest BCUT2D eigenvalue weighted by atomic mass is 9.92. The van der Waals surface area contributed by atoms with Gasteiger partial charge in [0.15, 0.2) is 0 Å². The van der Waals surface area contributed by atoms with E-state index in [4.69, 9.17) is 0 Å². The zero-order chi connectivity index (χ0) is 17.4. The predicted octanol–water partition coefficient (Wildman–Crippen LogP) is 4.98. The highest BCUT2D eigenvalue weighted by Gasteiger charge is 2.33. The third-order valence-electron chi connectivity index (χ3n) is 4.79. The molecule has 1 aliphatic rings. The van der Waals surface area contributed by atoms with Crippen molar-refractivity contribution in [3.8, 4) is 0 Å². The number of thiophene rings is 1. The Balaban J connectivity index is 1.79. The Hall–Kier alpha value is -2.46. The van der Waals surface area contributed by atoms with E-state index in [0.717, 1.165) is 28.7 Å². The molecule has 0 spiro atoms. The normalized spacial score (nSPS) is 16.6. The van der Waals surface area contributed by atoms with Crippen molar-refractivity contribution in [2.75, 3.05) is 6.54 Å². The Labute approximate surface area is 150 Å². The van der Waals surface area contributed by atoms with Crippen LogP contribution in [0.25, 0.3) is 0 Å². The van der Waals surface area contributed by atoms with Gasteiger partial charge < -0.3 is 4.90 Å². The standard InChI is InChI=1S/C21H18FNOS/c1-14-4-2-3-5-17(14)21(24)23-12-10-19-18(11-13-25-19)20(23)15-6-8-16(22)9-7-15/h2-9,11,13,20H,10,12H2,1H3/t20-/m0/s1. The van der Waals surface area contributed by atoms with Gasteiger partial charge in [-0.25, -0.2) is 4.39 Å². The number of carbonyl (C=O) groups excluding carboxylic acids is 1. The van der Waals surface area contributed by atoms with Crippen molar-refractivity contribution in [2.24, 2.45) is 0 Å². The molecule has 1 amide bonds. The first-order chi connectivity index (χ1) is 12.1. The molecule has 0 unspecified atom stereocenters. The second kappa shape index (κ2) is 6.45. The summed E-state index contributed by atoms with van der Waals surface area (Å²) in [6, 6.07) is 16.1. The molecule has 0 aliphatic carbocycles. The summed E-state index contributed by atoms with van der Waals surface area (Å²) in [5.41, 5.74) is 3.81. The van der Waals surface area contributed by atoms with E-state index in [-0.39, 0.29) is 17.8 Å². The van der Waals surface area contributed by atoms with E-state index in [1.165, 1.54) is 17.0 Å². The number of nitrogens with zero attached hydrogens (tertiary/aromatic N) is 1. The smallest absolute Gasteiger partial charge is 0.254 e. The Morgan fingerprint density at radius 2 is 1.88 bits per heavy atom. The molecule has 25 heavy (non-hydrogen) atoms. The number of halogens is 1. The fraction of sp³-hybridized carbons (Fsp3) is 0.190. The second-order valence-corrected chi connectivity index (χ2v) is 7.32. The first-order valence-electron chi connectivity index (χ1n) is 8.33. The molecule has 2 aromatic carbocycles. The average Bonchev–Trinajstić information content (AvgIpc) is 3.10. The van der Waals surface area contributed by atoms with Gasteiger partial charge in [0.1, 0.15) is 5.82 Å². The summed E-state index contributed by atoms with van der Waals surface area (Å²) in [6.45, 7) is 2.63. The lowest BCUT2D eigenvalue weighted by Crippen LogP contribution is -2.40. The van der Waals surface area contributed by atoms with E-state index >= 15 is 0 Å². The van der Waals surface area contributed by atoms with Gasteiger partial charge in [-0.05, 0) is 59.7 Å². The maximum absolute atomic E-state index is 13.4. The van der Waals surface area contributed by atoms with Crippen LogP contribution in [-0.4, -0.2) is 17.4 Å². The Kier molecular flexibility index (Phi) is 4.14. The monoisotopic (exact) mass is 351 g/mol. The van der Waals surface area contributed by atoms with Crippen LogP contribution in [0.1, 0.15) is 38.0 Å². The van der Waals surface area contributed by atoms with Crippen LogP contribution in [0.3, 0.4) is 0 Å².